The van der Waals surface area contributed by atoms with E-state index in [0.29, 0.717) is 0 Å². The number of nitro groups is 1. The van der Waals surface area contributed by atoms with Gasteiger partial charge in [0, 0.05) is 28.7 Å². The largest absolute Gasteiger partial charge is 0.500 e. The summed E-state index contributed by atoms with van der Waals surface area (Å²) in [7, 11) is 1.27. The molecule has 160 valence electrons. The number of nitrogens with one attached hydrogen (secondary N) is 1. The summed E-state index contributed by atoms with van der Waals surface area (Å²) < 4.78 is 6.94. The van der Waals surface area contributed by atoms with Gasteiger partial charge in [-0.3, -0.25) is 14.9 Å². The van der Waals surface area contributed by atoms with Crippen molar-refractivity contribution in [2.75, 3.05) is 7.11 Å². The van der Waals surface area contributed by atoms with Gasteiger partial charge in [-0.1, -0.05) is 11.6 Å². The standard InChI is InChI=1S/C21H19ClN4O5/c1-12-4-5-13(2)25(12)15-6-7-16(17(22)10-15)21(28)24-23-11-14-8-18(26(29)30)20(27)19(9-14)31-3/h4-11,27H,1-3H3,(H,24,28)/b23-11-. The van der Waals surface area contributed by atoms with Gasteiger partial charge in [-0.05, 0) is 50.2 Å². The molecule has 0 aliphatic carbocycles. The number of carbonyl (C=O) groups excluding carboxylic acids is 1. The monoisotopic (exact) mass is 442 g/mol. The molecule has 0 radical (unpaired) electrons. The van der Waals surface area contributed by atoms with Crippen LogP contribution in [0, 0.1) is 24.0 Å². The number of amides is 1. The molecule has 0 atom stereocenters. The lowest BCUT2D eigenvalue weighted by Gasteiger charge is -2.11. The van der Waals surface area contributed by atoms with E-state index in [1.54, 1.807) is 18.2 Å². The third-order valence-corrected chi connectivity index (χ3v) is 4.91. The number of nitro benzene ring substituents is 1. The highest BCUT2D eigenvalue weighted by atomic mass is 35.5. The van der Waals surface area contributed by atoms with E-state index in [2.05, 4.69) is 10.5 Å². The molecular weight excluding hydrogens is 424 g/mol. The van der Waals surface area contributed by atoms with Gasteiger partial charge in [0.05, 0.1) is 28.8 Å². The first-order chi connectivity index (χ1) is 14.7. The Morgan fingerprint density at radius 1 is 1.23 bits per heavy atom. The highest BCUT2D eigenvalue weighted by Gasteiger charge is 2.19. The molecule has 0 aliphatic rings. The third-order valence-electron chi connectivity index (χ3n) is 4.60. The zero-order valence-electron chi connectivity index (χ0n) is 16.9. The first-order valence-electron chi connectivity index (χ1n) is 9.06. The highest BCUT2D eigenvalue weighted by Crippen LogP contribution is 2.36. The van der Waals surface area contributed by atoms with E-state index >= 15 is 0 Å². The number of nitrogens with zero attached hydrogens (tertiary/aromatic N) is 3. The van der Waals surface area contributed by atoms with Crippen LogP contribution in [0.25, 0.3) is 5.69 Å². The number of aromatic hydroxyl groups is 1. The Balaban J connectivity index is 1.79. The number of phenols is 1. The Morgan fingerprint density at radius 3 is 2.48 bits per heavy atom. The molecule has 0 bridgehead atoms. The Hall–Kier alpha value is -3.85. The second kappa shape index (κ2) is 8.88. The molecule has 2 N–H and O–H groups in total. The molecule has 1 aromatic heterocycles. The molecule has 0 saturated carbocycles. The Kier molecular flexibility index (Phi) is 6.26. The van der Waals surface area contributed by atoms with Gasteiger partial charge in [0.15, 0.2) is 5.75 Å². The number of ether oxygens (including phenoxy) is 1. The molecule has 3 rings (SSSR count). The molecule has 0 aliphatic heterocycles. The molecule has 0 fully saturated rings. The van der Waals surface area contributed by atoms with Crippen LogP contribution in [0.2, 0.25) is 5.02 Å². The number of hydrogen-bond acceptors (Lipinski definition) is 6. The number of benzene rings is 2. The zero-order valence-corrected chi connectivity index (χ0v) is 17.7. The summed E-state index contributed by atoms with van der Waals surface area (Å²) in [6.45, 7) is 3.94. The van der Waals surface area contributed by atoms with E-state index < -0.39 is 22.3 Å². The van der Waals surface area contributed by atoms with Crippen LogP contribution in [0.4, 0.5) is 5.69 Å². The summed E-state index contributed by atoms with van der Waals surface area (Å²) in [5, 5.41) is 24.9. The summed E-state index contributed by atoms with van der Waals surface area (Å²) in [4.78, 5) is 22.8. The van der Waals surface area contributed by atoms with Gasteiger partial charge in [-0.25, -0.2) is 5.43 Å². The minimum atomic E-state index is -0.747. The lowest BCUT2D eigenvalue weighted by Crippen LogP contribution is -2.18. The average Bonchev–Trinajstić information content (AvgIpc) is 3.06. The van der Waals surface area contributed by atoms with Crippen molar-refractivity contribution in [1.29, 1.82) is 0 Å². The van der Waals surface area contributed by atoms with Crippen molar-refractivity contribution in [2.24, 2.45) is 5.10 Å². The smallest absolute Gasteiger partial charge is 0.315 e. The first-order valence-corrected chi connectivity index (χ1v) is 9.44. The van der Waals surface area contributed by atoms with E-state index in [1.807, 2.05) is 30.5 Å². The number of aryl methyl sites for hydroxylation is 2. The lowest BCUT2D eigenvalue weighted by atomic mass is 10.2. The summed E-state index contributed by atoms with van der Waals surface area (Å²) in [5.41, 5.74) is 5.16. The van der Waals surface area contributed by atoms with Gasteiger partial charge >= 0.3 is 5.69 Å². The Labute approximate surface area is 182 Å². The second-order valence-corrected chi connectivity index (χ2v) is 7.07. The molecule has 1 heterocycles. The van der Waals surface area contributed by atoms with E-state index in [9.17, 15) is 20.0 Å². The van der Waals surface area contributed by atoms with Crippen molar-refractivity contribution in [3.05, 3.63) is 80.1 Å². The fourth-order valence-electron chi connectivity index (χ4n) is 3.11. The third kappa shape index (κ3) is 4.51. The minimum Gasteiger partial charge on any atom is -0.500 e. The molecule has 1 amide bonds. The number of phenolic OH excluding ortho intramolecular Hbond substituents is 1. The number of halogens is 1. The average molecular weight is 443 g/mol. The fraction of sp³-hybridized carbons (Fsp3) is 0.143. The molecular formula is C21H19ClN4O5. The summed E-state index contributed by atoms with van der Waals surface area (Å²) >= 11 is 6.31. The number of carbonyl (C=O) groups is 1. The quantitative estimate of drug-likeness (QED) is 0.338. The Morgan fingerprint density at radius 2 is 1.90 bits per heavy atom. The maximum atomic E-state index is 12.5. The van der Waals surface area contributed by atoms with Crippen molar-refractivity contribution >= 4 is 29.4 Å². The number of methoxy groups -OCH3 is 1. The molecule has 9 nitrogen and oxygen atoms in total. The van der Waals surface area contributed by atoms with Crippen LogP contribution < -0.4 is 10.2 Å². The number of rotatable bonds is 6. The molecule has 3 aromatic rings. The summed E-state index contributed by atoms with van der Waals surface area (Å²) in [6.07, 6.45) is 1.20. The zero-order chi connectivity index (χ0) is 22.7. The lowest BCUT2D eigenvalue weighted by molar-refractivity contribution is -0.386. The van der Waals surface area contributed by atoms with Crippen LogP contribution in [0.3, 0.4) is 0 Å². The number of aromatic nitrogens is 1. The SMILES string of the molecule is COc1cc(/C=N\NC(=O)c2ccc(-n3c(C)ccc3C)cc2Cl)cc([N+](=O)[O-])c1O. The molecule has 0 spiro atoms. The van der Waals surface area contributed by atoms with Gasteiger partial charge < -0.3 is 14.4 Å². The minimum absolute atomic E-state index is 0.0868. The second-order valence-electron chi connectivity index (χ2n) is 6.66. The van der Waals surface area contributed by atoms with Gasteiger partial charge in [0.2, 0.25) is 5.75 Å². The van der Waals surface area contributed by atoms with Crippen LogP contribution in [0.15, 0.2) is 47.6 Å². The topological polar surface area (TPSA) is 119 Å². The maximum Gasteiger partial charge on any atom is 0.315 e. The molecule has 31 heavy (non-hydrogen) atoms. The van der Waals surface area contributed by atoms with Crippen LogP contribution in [0.5, 0.6) is 11.5 Å². The predicted molar refractivity (Wildman–Crippen MR) is 117 cm³/mol. The van der Waals surface area contributed by atoms with Gasteiger partial charge in [-0.15, -0.1) is 0 Å². The highest BCUT2D eigenvalue weighted by molar-refractivity contribution is 6.34. The first kappa shape index (κ1) is 21.8. The van der Waals surface area contributed by atoms with Crippen molar-refractivity contribution < 1.29 is 19.6 Å². The van der Waals surface area contributed by atoms with Crippen LogP contribution in [-0.4, -0.2) is 33.8 Å². The van der Waals surface area contributed by atoms with E-state index in [4.69, 9.17) is 16.3 Å². The van der Waals surface area contributed by atoms with E-state index in [1.165, 1.54) is 19.4 Å². The molecule has 2 aromatic carbocycles. The maximum absolute atomic E-state index is 12.5. The normalized spacial score (nSPS) is 11.0. The number of hydrazone groups is 1. The van der Waals surface area contributed by atoms with E-state index in [0.717, 1.165) is 23.1 Å². The van der Waals surface area contributed by atoms with E-state index in [-0.39, 0.29) is 21.9 Å². The van der Waals surface area contributed by atoms with Crippen LogP contribution in [0.1, 0.15) is 27.3 Å². The Bertz CT molecular complexity index is 1180. The van der Waals surface area contributed by atoms with Crippen molar-refractivity contribution in [1.82, 2.24) is 9.99 Å². The van der Waals surface area contributed by atoms with Crippen molar-refractivity contribution in [3.8, 4) is 17.2 Å². The summed E-state index contributed by atoms with van der Waals surface area (Å²) in [5.74, 6) is -1.22. The predicted octanol–water partition coefficient (Wildman–Crippen LogP) is 4.13. The summed E-state index contributed by atoms with van der Waals surface area (Å²) in [6, 6.07) is 11.5. The van der Waals surface area contributed by atoms with Gasteiger partial charge in [0.1, 0.15) is 0 Å². The van der Waals surface area contributed by atoms with Crippen LogP contribution >= 0.6 is 11.6 Å². The molecule has 0 unspecified atom stereocenters. The number of hydrogen-bond donors (Lipinski definition) is 2. The van der Waals surface area contributed by atoms with Gasteiger partial charge in [0.25, 0.3) is 5.91 Å². The van der Waals surface area contributed by atoms with Gasteiger partial charge in [-0.2, -0.15) is 5.10 Å². The van der Waals surface area contributed by atoms with Crippen molar-refractivity contribution in [2.45, 2.75) is 13.8 Å². The molecule has 10 heteroatoms. The van der Waals surface area contributed by atoms with Crippen LogP contribution in [-0.2, 0) is 0 Å². The molecule has 0 saturated heterocycles. The fourth-order valence-corrected chi connectivity index (χ4v) is 3.37. The van der Waals surface area contributed by atoms with Crippen molar-refractivity contribution in [3.63, 3.8) is 0 Å².